The van der Waals surface area contributed by atoms with Gasteiger partial charge in [0.05, 0.1) is 0 Å². The lowest BCUT2D eigenvalue weighted by Crippen LogP contribution is -2.52. The minimum atomic E-state index is -0.765. The van der Waals surface area contributed by atoms with Crippen LogP contribution in [-0.4, -0.2) is 27.5 Å². The van der Waals surface area contributed by atoms with Gasteiger partial charge in [-0.25, -0.2) is 0 Å². The van der Waals surface area contributed by atoms with E-state index >= 15 is 0 Å². The highest BCUT2D eigenvalue weighted by Gasteiger charge is 2.60. The molecular weight excluding hydrogens is 356 g/mol. The molecular formula is C18H22N2O7. The zero-order valence-electron chi connectivity index (χ0n) is 14.9. The first-order valence-electron chi connectivity index (χ1n) is 9.23. The molecule has 2 saturated carbocycles. The summed E-state index contributed by atoms with van der Waals surface area (Å²) >= 11 is 0. The van der Waals surface area contributed by atoms with Gasteiger partial charge in [-0.05, 0) is 72.6 Å². The Morgan fingerprint density at radius 2 is 1.89 bits per heavy atom. The molecule has 0 bridgehead atoms. The molecule has 146 valence electrons. The number of hydrogen-bond acceptors (Lipinski definition) is 7. The van der Waals surface area contributed by atoms with E-state index < -0.39 is 27.8 Å². The van der Waals surface area contributed by atoms with E-state index in [-0.39, 0.29) is 23.5 Å². The van der Waals surface area contributed by atoms with Crippen LogP contribution in [0.15, 0.2) is 18.2 Å². The highest BCUT2D eigenvalue weighted by molar-refractivity contribution is 5.41. The van der Waals surface area contributed by atoms with E-state index in [4.69, 9.17) is 9.68 Å². The first-order chi connectivity index (χ1) is 12.8. The molecule has 9 heteroatoms. The second kappa shape index (κ2) is 6.24. The Morgan fingerprint density at radius 3 is 2.59 bits per heavy atom. The number of nitrogens with zero attached hydrogens (tertiary/aromatic N) is 2. The molecule has 3 aliphatic rings. The van der Waals surface area contributed by atoms with Crippen molar-refractivity contribution in [3.63, 3.8) is 0 Å². The molecule has 9 nitrogen and oxygen atoms in total. The average molecular weight is 378 g/mol. The third kappa shape index (κ3) is 2.85. The fraction of sp³-hybridized carbons (Fsp3) is 0.667. The molecule has 1 N–H and O–H groups in total. The van der Waals surface area contributed by atoms with Crippen molar-refractivity contribution in [1.29, 1.82) is 0 Å². The summed E-state index contributed by atoms with van der Waals surface area (Å²) in [4.78, 5) is 32.2. The summed E-state index contributed by atoms with van der Waals surface area (Å²) in [5, 5.41) is 30.4. The Hall–Kier alpha value is -2.58. The molecule has 2 fully saturated rings. The van der Waals surface area contributed by atoms with Gasteiger partial charge in [0.1, 0.15) is 18.0 Å². The van der Waals surface area contributed by atoms with Gasteiger partial charge in [-0.2, -0.15) is 0 Å². The summed E-state index contributed by atoms with van der Waals surface area (Å²) in [6.07, 6.45) is 2.02. The summed E-state index contributed by atoms with van der Waals surface area (Å²) in [6, 6.07) is 5.15. The lowest BCUT2D eigenvalue weighted by molar-refractivity contribution is -0.777. The van der Waals surface area contributed by atoms with Crippen LogP contribution >= 0.6 is 0 Å². The Bertz CT molecular complexity index is 785. The van der Waals surface area contributed by atoms with Crippen LogP contribution in [0.1, 0.15) is 49.7 Å². The predicted octanol–water partition coefficient (Wildman–Crippen LogP) is 3.01. The average Bonchev–Trinajstić information content (AvgIpc) is 2.89. The third-order valence-corrected chi connectivity index (χ3v) is 7.01. The minimum absolute atomic E-state index is 0.131. The minimum Gasteiger partial charge on any atom is -0.508 e. The number of rotatable bonds is 4. The van der Waals surface area contributed by atoms with Crippen LogP contribution in [0.4, 0.5) is 0 Å². The van der Waals surface area contributed by atoms with Crippen molar-refractivity contribution in [2.24, 2.45) is 17.3 Å². The first-order valence-corrected chi connectivity index (χ1v) is 9.23. The van der Waals surface area contributed by atoms with Crippen LogP contribution in [0.3, 0.4) is 0 Å². The van der Waals surface area contributed by atoms with Crippen LogP contribution in [0.2, 0.25) is 0 Å². The fourth-order valence-corrected chi connectivity index (χ4v) is 6.06. The van der Waals surface area contributed by atoms with Crippen molar-refractivity contribution < 1.29 is 25.0 Å². The van der Waals surface area contributed by atoms with Crippen molar-refractivity contribution in [2.45, 2.75) is 57.2 Å². The molecule has 3 aliphatic carbocycles. The molecule has 0 aliphatic heterocycles. The topological polar surface area (TPSA) is 125 Å². The SMILES string of the molecule is CC12CC(O[N+](=O)[O-])C3c4ccc(O)cc4CCC3C1CCC2O[N+](=O)[O-]. The zero-order valence-corrected chi connectivity index (χ0v) is 14.9. The van der Waals surface area contributed by atoms with E-state index in [1.165, 1.54) is 0 Å². The van der Waals surface area contributed by atoms with Gasteiger partial charge >= 0.3 is 0 Å². The molecule has 6 unspecified atom stereocenters. The van der Waals surface area contributed by atoms with Crippen LogP contribution in [0.25, 0.3) is 0 Å². The van der Waals surface area contributed by atoms with E-state index in [0.717, 1.165) is 30.4 Å². The number of fused-ring (bicyclic) bond motifs is 5. The number of phenols is 1. The molecule has 0 amide bonds. The van der Waals surface area contributed by atoms with Crippen LogP contribution in [0, 0.1) is 37.5 Å². The van der Waals surface area contributed by atoms with Crippen LogP contribution in [0.5, 0.6) is 5.75 Å². The molecule has 0 heterocycles. The van der Waals surface area contributed by atoms with Gasteiger partial charge in [-0.1, -0.05) is 13.0 Å². The summed E-state index contributed by atoms with van der Waals surface area (Å²) in [5.74, 6) is 0.333. The summed E-state index contributed by atoms with van der Waals surface area (Å²) in [6.45, 7) is 1.94. The normalized spacial score (nSPS) is 36.9. The third-order valence-electron chi connectivity index (χ3n) is 7.01. The van der Waals surface area contributed by atoms with Gasteiger partial charge < -0.3 is 14.8 Å². The number of aryl methyl sites for hydroxylation is 1. The Morgan fingerprint density at radius 1 is 1.15 bits per heavy atom. The second-order valence-corrected chi connectivity index (χ2v) is 8.19. The smallest absolute Gasteiger partial charge is 0.294 e. The second-order valence-electron chi connectivity index (χ2n) is 8.19. The molecule has 0 radical (unpaired) electrons. The lowest BCUT2D eigenvalue weighted by Gasteiger charge is -2.52. The monoisotopic (exact) mass is 378 g/mol. The zero-order chi connectivity index (χ0) is 19.3. The molecule has 4 rings (SSSR count). The molecule has 0 spiro atoms. The molecule has 1 aromatic carbocycles. The maximum absolute atomic E-state index is 11.2. The van der Waals surface area contributed by atoms with Crippen molar-refractivity contribution in [1.82, 2.24) is 0 Å². The van der Waals surface area contributed by atoms with E-state index in [9.17, 15) is 25.3 Å². The van der Waals surface area contributed by atoms with Gasteiger partial charge in [0.2, 0.25) is 0 Å². The summed E-state index contributed by atoms with van der Waals surface area (Å²) < 4.78 is 0. The molecule has 0 saturated heterocycles. The Kier molecular flexibility index (Phi) is 4.12. The number of phenolic OH excluding ortho intramolecular Hbond substituents is 1. The number of aromatic hydroxyl groups is 1. The van der Waals surface area contributed by atoms with E-state index in [1.807, 2.05) is 13.0 Å². The Balaban J connectivity index is 1.74. The molecule has 0 aromatic heterocycles. The number of benzene rings is 1. The van der Waals surface area contributed by atoms with Gasteiger partial charge in [0.25, 0.3) is 10.2 Å². The van der Waals surface area contributed by atoms with Gasteiger partial charge in [0, 0.05) is 5.92 Å². The highest BCUT2D eigenvalue weighted by Crippen LogP contribution is 2.62. The summed E-state index contributed by atoms with van der Waals surface area (Å²) in [7, 11) is 0. The van der Waals surface area contributed by atoms with Gasteiger partial charge in [-0.3, -0.25) is 0 Å². The summed E-state index contributed by atoms with van der Waals surface area (Å²) in [5.41, 5.74) is 1.44. The van der Waals surface area contributed by atoms with Crippen molar-refractivity contribution >= 4 is 0 Å². The Labute approximate surface area is 155 Å². The lowest BCUT2D eigenvalue weighted by atomic mass is 9.54. The quantitative estimate of drug-likeness (QED) is 0.630. The van der Waals surface area contributed by atoms with Gasteiger partial charge in [0.15, 0.2) is 0 Å². The van der Waals surface area contributed by atoms with E-state index in [2.05, 4.69) is 0 Å². The van der Waals surface area contributed by atoms with E-state index in [1.54, 1.807) is 12.1 Å². The fourth-order valence-electron chi connectivity index (χ4n) is 6.06. The maximum Gasteiger partial charge on any atom is 0.294 e. The largest absolute Gasteiger partial charge is 0.508 e. The number of hydrogen-bond donors (Lipinski definition) is 1. The van der Waals surface area contributed by atoms with Crippen molar-refractivity contribution in [3.05, 3.63) is 49.6 Å². The van der Waals surface area contributed by atoms with Crippen LogP contribution < -0.4 is 0 Å². The van der Waals surface area contributed by atoms with E-state index in [0.29, 0.717) is 12.8 Å². The maximum atomic E-state index is 11.2. The van der Waals surface area contributed by atoms with Gasteiger partial charge in [-0.15, -0.1) is 20.2 Å². The highest BCUT2D eigenvalue weighted by atomic mass is 17.0. The predicted molar refractivity (Wildman–Crippen MR) is 91.8 cm³/mol. The molecule has 1 aromatic rings. The van der Waals surface area contributed by atoms with Crippen molar-refractivity contribution in [3.8, 4) is 5.75 Å². The first kappa shape index (κ1) is 17.8. The van der Waals surface area contributed by atoms with Crippen molar-refractivity contribution in [2.75, 3.05) is 0 Å². The standard InChI is InChI=1S/C18H22N2O7/c1-18-9-15(26-19(22)23)17-12-5-3-11(21)8-10(12)2-4-13(17)14(18)6-7-16(18)27-20(24)25/h3,5,8,13-17,21H,2,4,6-7,9H2,1H3. The molecule has 6 atom stereocenters. The van der Waals surface area contributed by atoms with Crippen LogP contribution in [-0.2, 0) is 16.1 Å². The molecule has 27 heavy (non-hydrogen) atoms.